The third kappa shape index (κ3) is 7.49. The Kier molecular flexibility index (Phi) is 8.52. The Morgan fingerprint density at radius 3 is 2.11 bits per heavy atom. The number of benzene rings is 2. The maximum absolute atomic E-state index is 12.1. The van der Waals surface area contributed by atoms with E-state index in [-0.39, 0.29) is 19.8 Å². The van der Waals surface area contributed by atoms with Crippen LogP contribution in [-0.4, -0.2) is 37.2 Å². The van der Waals surface area contributed by atoms with E-state index >= 15 is 0 Å². The summed E-state index contributed by atoms with van der Waals surface area (Å²) in [6, 6.07) is 17.6. The number of hydrogen-bond donors (Lipinski definition) is 2. The molecule has 2 rings (SSSR count). The van der Waals surface area contributed by atoms with Crippen LogP contribution in [0.3, 0.4) is 0 Å². The Hall–Kier alpha value is -3.35. The highest BCUT2D eigenvalue weighted by molar-refractivity contribution is 5.87. The fourth-order valence-electron chi connectivity index (χ4n) is 2.46. The summed E-state index contributed by atoms with van der Waals surface area (Å²) in [4.78, 5) is 36.0. The van der Waals surface area contributed by atoms with Crippen LogP contribution in [-0.2, 0) is 32.1 Å². The molecule has 0 aromatic heterocycles. The number of esters is 1. The zero-order valence-corrected chi connectivity index (χ0v) is 15.7. The molecule has 0 spiro atoms. The van der Waals surface area contributed by atoms with Crippen LogP contribution in [0.1, 0.15) is 18.1 Å². The number of hydrogen-bond acceptors (Lipinski definition) is 5. The summed E-state index contributed by atoms with van der Waals surface area (Å²) in [7, 11) is 0. The van der Waals surface area contributed by atoms with Crippen LogP contribution in [0.4, 0.5) is 4.79 Å². The first kappa shape index (κ1) is 21.0. The Labute approximate surface area is 164 Å². The van der Waals surface area contributed by atoms with Gasteiger partial charge in [-0.15, -0.1) is 0 Å². The molecule has 0 saturated carbocycles. The van der Waals surface area contributed by atoms with Crippen molar-refractivity contribution in [1.29, 1.82) is 0 Å². The molecule has 1 atom stereocenters. The second kappa shape index (κ2) is 11.4. The number of rotatable bonds is 9. The molecule has 0 fully saturated rings. The van der Waals surface area contributed by atoms with Crippen molar-refractivity contribution in [2.24, 2.45) is 0 Å². The quantitative estimate of drug-likeness (QED) is 0.647. The predicted octanol–water partition coefficient (Wildman–Crippen LogP) is 2.20. The average molecular weight is 384 g/mol. The fraction of sp³-hybridized carbons (Fsp3) is 0.286. The van der Waals surface area contributed by atoms with Gasteiger partial charge in [-0.05, 0) is 18.1 Å². The molecule has 2 aromatic rings. The van der Waals surface area contributed by atoms with Crippen molar-refractivity contribution >= 4 is 18.0 Å². The van der Waals surface area contributed by atoms with E-state index in [9.17, 15) is 14.4 Å². The first-order valence-corrected chi connectivity index (χ1v) is 9.03. The minimum atomic E-state index is -0.836. The minimum Gasteiger partial charge on any atom is -0.464 e. The standard InChI is InChI=1S/C21H24N2O5/c1-2-27-20(25)18(13-16-9-5-3-6-10-16)23-19(24)14-22-21(26)28-15-17-11-7-4-8-12-17/h3-12,18H,2,13-15H2,1H3,(H,22,26)(H,23,24). The summed E-state index contributed by atoms with van der Waals surface area (Å²) in [5.74, 6) is -1.03. The highest BCUT2D eigenvalue weighted by atomic mass is 16.5. The van der Waals surface area contributed by atoms with Crippen LogP contribution >= 0.6 is 0 Å². The largest absolute Gasteiger partial charge is 0.464 e. The Morgan fingerprint density at radius 1 is 0.893 bits per heavy atom. The lowest BCUT2D eigenvalue weighted by atomic mass is 10.1. The van der Waals surface area contributed by atoms with Gasteiger partial charge in [0.1, 0.15) is 19.2 Å². The lowest BCUT2D eigenvalue weighted by Gasteiger charge is -2.17. The molecule has 0 heterocycles. The second-order valence-electron chi connectivity index (χ2n) is 5.98. The van der Waals surface area contributed by atoms with Gasteiger partial charge in [-0.25, -0.2) is 9.59 Å². The lowest BCUT2D eigenvalue weighted by molar-refractivity contribution is -0.147. The first-order chi connectivity index (χ1) is 13.6. The van der Waals surface area contributed by atoms with E-state index in [4.69, 9.17) is 9.47 Å². The summed E-state index contributed by atoms with van der Waals surface area (Å²) in [6.45, 7) is 1.71. The van der Waals surface area contributed by atoms with Crippen molar-refractivity contribution < 1.29 is 23.9 Å². The number of nitrogens with one attached hydrogen (secondary N) is 2. The maximum atomic E-state index is 12.1. The first-order valence-electron chi connectivity index (χ1n) is 9.03. The lowest BCUT2D eigenvalue weighted by Crippen LogP contribution is -2.47. The molecule has 0 radical (unpaired) electrons. The SMILES string of the molecule is CCOC(=O)C(Cc1ccccc1)NC(=O)CNC(=O)OCc1ccccc1. The monoisotopic (exact) mass is 384 g/mol. The van der Waals surface area contributed by atoms with Crippen molar-refractivity contribution in [1.82, 2.24) is 10.6 Å². The van der Waals surface area contributed by atoms with E-state index in [0.717, 1.165) is 11.1 Å². The summed E-state index contributed by atoms with van der Waals surface area (Å²) >= 11 is 0. The Morgan fingerprint density at radius 2 is 1.50 bits per heavy atom. The van der Waals surface area contributed by atoms with Gasteiger partial charge in [0.05, 0.1) is 6.61 Å². The van der Waals surface area contributed by atoms with Crippen molar-refractivity contribution in [3.05, 3.63) is 71.8 Å². The summed E-state index contributed by atoms with van der Waals surface area (Å²) in [5.41, 5.74) is 1.73. The van der Waals surface area contributed by atoms with Crippen molar-refractivity contribution in [2.75, 3.05) is 13.2 Å². The summed E-state index contributed by atoms with van der Waals surface area (Å²) in [6.07, 6.45) is -0.418. The van der Waals surface area contributed by atoms with Gasteiger partial charge in [-0.2, -0.15) is 0 Å². The zero-order chi connectivity index (χ0) is 20.2. The molecule has 0 aliphatic heterocycles. The van der Waals surface area contributed by atoms with E-state index < -0.39 is 24.0 Å². The molecule has 2 aromatic carbocycles. The van der Waals surface area contributed by atoms with Crippen LogP contribution in [0, 0.1) is 0 Å². The van der Waals surface area contributed by atoms with Crippen molar-refractivity contribution in [3.63, 3.8) is 0 Å². The Bertz CT molecular complexity index is 765. The fourth-order valence-corrected chi connectivity index (χ4v) is 2.46. The minimum absolute atomic E-state index is 0.105. The van der Waals surface area contributed by atoms with E-state index in [0.29, 0.717) is 6.42 Å². The number of carbonyl (C=O) groups is 3. The highest BCUT2D eigenvalue weighted by Crippen LogP contribution is 2.05. The highest BCUT2D eigenvalue weighted by Gasteiger charge is 2.22. The molecule has 28 heavy (non-hydrogen) atoms. The average Bonchev–Trinajstić information content (AvgIpc) is 2.72. The molecule has 7 heteroatoms. The predicted molar refractivity (Wildman–Crippen MR) is 103 cm³/mol. The maximum Gasteiger partial charge on any atom is 0.407 e. The third-order valence-electron chi connectivity index (χ3n) is 3.80. The summed E-state index contributed by atoms with van der Waals surface area (Å²) in [5, 5.41) is 4.96. The second-order valence-corrected chi connectivity index (χ2v) is 5.98. The number of alkyl carbamates (subject to hydrolysis) is 1. The molecule has 2 N–H and O–H groups in total. The van der Waals surface area contributed by atoms with E-state index in [1.165, 1.54) is 0 Å². The third-order valence-corrected chi connectivity index (χ3v) is 3.80. The van der Waals surface area contributed by atoms with Crippen molar-refractivity contribution in [2.45, 2.75) is 26.0 Å². The van der Waals surface area contributed by atoms with Crippen LogP contribution in [0.25, 0.3) is 0 Å². The zero-order valence-electron chi connectivity index (χ0n) is 15.7. The molecule has 148 valence electrons. The Balaban J connectivity index is 1.81. The smallest absolute Gasteiger partial charge is 0.407 e. The molecule has 0 saturated heterocycles. The molecule has 1 unspecified atom stereocenters. The van der Waals surface area contributed by atoms with Gasteiger partial charge in [0.25, 0.3) is 0 Å². The molecule has 0 aliphatic carbocycles. The van der Waals surface area contributed by atoms with Crippen LogP contribution in [0.2, 0.25) is 0 Å². The van der Waals surface area contributed by atoms with Gasteiger partial charge < -0.3 is 20.1 Å². The van der Waals surface area contributed by atoms with Gasteiger partial charge in [0.15, 0.2) is 0 Å². The molecule has 0 aliphatic rings. The number of carbonyl (C=O) groups excluding carboxylic acids is 3. The molecule has 0 bridgehead atoms. The molecule has 7 nitrogen and oxygen atoms in total. The van der Waals surface area contributed by atoms with Gasteiger partial charge in [0.2, 0.25) is 5.91 Å². The van der Waals surface area contributed by atoms with Gasteiger partial charge >= 0.3 is 12.1 Å². The topological polar surface area (TPSA) is 93.7 Å². The van der Waals surface area contributed by atoms with E-state index in [2.05, 4.69) is 10.6 Å². The van der Waals surface area contributed by atoms with Crippen LogP contribution < -0.4 is 10.6 Å². The van der Waals surface area contributed by atoms with E-state index in [1.807, 2.05) is 60.7 Å². The molecular formula is C21H24N2O5. The van der Waals surface area contributed by atoms with Crippen molar-refractivity contribution in [3.8, 4) is 0 Å². The van der Waals surface area contributed by atoms with E-state index in [1.54, 1.807) is 6.92 Å². The summed E-state index contributed by atoms with van der Waals surface area (Å²) < 4.78 is 10.1. The van der Waals surface area contributed by atoms with Gasteiger partial charge in [-0.1, -0.05) is 60.7 Å². The van der Waals surface area contributed by atoms with Gasteiger partial charge in [-0.3, -0.25) is 4.79 Å². The van der Waals surface area contributed by atoms with Crippen LogP contribution in [0.5, 0.6) is 0 Å². The normalized spacial score (nSPS) is 11.2. The number of ether oxygens (including phenoxy) is 2. The van der Waals surface area contributed by atoms with Gasteiger partial charge in [0, 0.05) is 6.42 Å². The molecule has 2 amide bonds. The van der Waals surface area contributed by atoms with Crippen LogP contribution in [0.15, 0.2) is 60.7 Å². The number of amides is 2. The molecular weight excluding hydrogens is 360 g/mol.